The molecule has 4 aliphatic heterocycles. The Kier molecular flexibility index (Phi) is 31.9. The van der Waals surface area contributed by atoms with E-state index in [0.717, 1.165) is 83.3 Å². The van der Waals surface area contributed by atoms with Crippen LogP contribution < -0.4 is 47.0 Å². The lowest BCUT2D eigenvalue weighted by Gasteiger charge is -2.27. The van der Waals surface area contributed by atoms with Crippen LogP contribution in [0.5, 0.6) is 0 Å². The molecule has 26 nitrogen and oxygen atoms in total. The van der Waals surface area contributed by atoms with Crippen molar-refractivity contribution in [3.8, 4) is 0 Å². The van der Waals surface area contributed by atoms with Gasteiger partial charge in [0.1, 0.15) is 31.8 Å². The van der Waals surface area contributed by atoms with Crippen LogP contribution in [0.4, 0.5) is 38.9 Å². The van der Waals surface area contributed by atoms with Crippen molar-refractivity contribution < 1.29 is 76.8 Å². The molecule has 0 bridgehead atoms. The number of unbranched alkanes of at least 4 members (excludes halogenated alkanes) is 5. The molecule has 4 aliphatic rings. The van der Waals surface area contributed by atoms with Gasteiger partial charge < -0.3 is 51.8 Å². The minimum Gasteiger partial charge on any atom is -0.445 e. The van der Waals surface area contributed by atoms with E-state index in [1.165, 1.54) is 53.0 Å². The van der Waals surface area contributed by atoms with Crippen LogP contribution in [-0.4, -0.2) is 160 Å². The lowest BCUT2D eigenvalue weighted by molar-refractivity contribution is -0.433. The molecule has 4 heterocycles. The van der Waals surface area contributed by atoms with Gasteiger partial charge >= 0.3 is 6.09 Å². The molecule has 0 saturated heterocycles. The smallest absolute Gasteiger partial charge is 0.407 e. The first kappa shape index (κ1) is 95.6. The molecule has 0 fully saturated rings. The van der Waals surface area contributed by atoms with E-state index in [1.54, 1.807) is 48.5 Å². The summed E-state index contributed by atoms with van der Waals surface area (Å²) in [5.74, 6) is -1.58. The number of anilines is 4. The number of rotatable bonds is 42. The molecule has 0 aromatic heterocycles. The predicted molar refractivity (Wildman–Crippen MR) is 489 cm³/mol. The number of hydrogen-bond acceptors (Lipinski definition) is 16. The fraction of sp³-hybridized carbons (Fsp3) is 0.421. The number of fused-ring (bicyclic) bond motifs is 4. The average molecular weight is 1760 g/mol. The van der Waals surface area contributed by atoms with E-state index < -0.39 is 76.6 Å². The maximum Gasteiger partial charge on any atom is 0.407 e. The van der Waals surface area contributed by atoms with Gasteiger partial charge in [-0.2, -0.15) is 34.4 Å². The number of allylic oxidation sites excluding steroid dienone is 12. The van der Waals surface area contributed by atoms with Gasteiger partial charge in [0.25, 0.3) is 30.4 Å². The number of alkyl carbamates (subject to hydrolysis) is 1. The first-order chi connectivity index (χ1) is 58.8. The fourth-order valence-corrected chi connectivity index (χ4v) is 18.7. The van der Waals surface area contributed by atoms with Crippen LogP contribution in [0, 0.1) is 0 Å². The molecule has 6 aromatic rings. The standard InChI is InChI=1S/C95H121N11O15S3/c1-13-102(14-2)69-47-51-79-73(61-69)92(5,6)83(103(79)15-3)37-24-18-26-39-85-94(9,10)75-63-71(123(115,116)117)49-53-81(75)105(85)58-32-20-28-41-87(107)97-56-57-98-91(111)121-65-67-43-45-68(46-44-67)99-89(109)77(36-30-31-55-96)101-90(110)78(60-66-34-22-17-23-35-66)100-88(108)42-29-21-33-59-106-82-54-50-72(124(118,119)120)64-76(82)95(11,12)86(106)40-27-19-25-38-84-93(7,8)74-62-70(122(112,113)114)48-52-80(74)104(84)16-4/h17-19,22-27,34-35,37-40,43-54,61-64,77-78H,13-16,20-21,28-33,36,41-42,55-60,65,96H2,1-12H3,(H6-2,97,98,99,100,101,107,108,109,110,111,112,113,114,115,116,117,118,119,120)/p+2. The molecule has 0 radical (unpaired) electrons. The molecule has 2 atom stereocenters. The molecule has 5 amide bonds. The Labute approximate surface area is 731 Å². The van der Waals surface area contributed by atoms with E-state index in [1.807, 2.05) is 121 Å². The lowest BCUT2D eigenvalue weighted by atomic mass is 9.81. The summed E-state index contributed by atoms with van der Waals surface area (Å²) in [7, 11) is -13.4. The highest BCUT2D eigenvalue weighted by atomic mass is 32.2. The van der Waals surface area contributed by atoms with Crippen molar-refractivity contribution in [1.29, 1.82) is 0 Å². The van der Waals surface area contributed by atoms with Crippen LogP contribution >= 0.6 is 0 Å². The van der Waals surface area contributed by atoms with Crippen molar-refractivity contribution >= 4 is 106 Å². The summed E-state index contributed by atoms with van der Waals surface area (Å²) < 4.78 is 114. The monoisotopic (exact) mass is 1750 g/mol. The van der Waals surface area contributed by atoms with Crippen LogP contribution in [0.25, 0.3) is 0 Å². The van der Waals surface area contributed by atoms with E-state index in [9.17, 15) is 62.9 Å². The highest BCUT2D eigenvalue weighted by Crippen LogP contribution is 2.51. The molecule has 0 aliphatic carbocycles. The molecule has 10 rings (SSSR count). The second-order valence-electron chi connectivity index (χ2n) is 33.8. The number of carbonyl (C=O) groups is 5. The number of carbonyl (C=O) groups excluding carboxylic acids is 5. The van der Waals surface area contributed by atoms with Gasteiger partial charge in [0, 0.05) is 139 Å². The molecule has 10 N–H and O–H groups in total. The molecule has 0 saturated carbocycles. The Morgan fingerprint density at radius 1 is 0.492 bits per heavy atom. The Bertz CT molecular complexity index is 5550. The Hall–Kier alpha value is -10.7. The number of amides is 5. The molecule has 29 heteroatoms. The Morgan fingerprint density at radius 3 is 1.48 bits per heavy atom. The van der Waals surface area contributed by atoms with Crippen molar-refractivity contribution in [1.82, 2.24) is 21.3 Å². The third-order valence-electron chi connectivity index (χ3n) is 24.0. The number of hydrogen-bond donors (Lipinski definition) is 9. The molecule has 0 spiro atoms. The van der Waals surface area contributed by atoms with Crippen molar-refractivity contribution in [3.63, 3.8) is 0 Å². The number of nitrogens with two attached hydrogens (primary N) is 1. The van der Waals surface area contributed by atoms with E-state index >= 15 is 0 Å². The minimum atomic E-state index is -4.53. The van der Waals surface area contributed by atoms with Crippen LogP contribution in [0.2, 0.25) is 0 Å². The van der Waals surface area contributed by atoms with Crippen LogP contribution in [0.3, 0.4) is 0 Å². The van der Waals surface area contributed by atoms with Gasteiger partial charge in [0.05, 0.1) is 25.5 Å². The number of nitrogens with one attached hydrogen (secondary N) is 5. The average Bonchev–Trinajstić information content (AvgIpc) is 1.60. The quantitative estimate of drug-likeness (QED) is 0.00744. The van der Waals surface area contributed by atoms with E-state index in [2.05, 4.69) is 121 Å². The van der Waals surface area contributed by atoms with Gasteiger partial charge in [-0.15, -0.1) is 0 Å². The van der Waals surface area contributed by atoms with Crippen molar-refractivity contribution in [2.24, 2.45) is 5.73 Å². The SMILES string of the molecule is CCN(CC)c1ccc2c(c1)C(C)(C)C(/C=C/C=C/C=C1\N(CCCCCC(=O)NCCNC(=O)OCc3ccc(NC(=O)C(CCCCN)NC(=O)C(Cc4ccccc4)NC(=O)CCCCCN4/C(=C/C=C/C=C/C5=[N+](CC)c6ccc(S(=O)(=O)O)cc6C5(C)C)C(C)(C)c5cc(S(=O)(=O)O)ccc54)cc3)c3ccc(S(=O)(=O)O)cc3C1(C)C)=[N+]2CC. The predicted octanol–water partition coefficient (Wildman–Crippen LogP) is 14.8. The summed E-state index contributed by atoms with van der Waals surface area (Å²) in [6, 6.07) is 34.5. The number of nitrogens with zero attached hydrogens (tertiary/aromatic N) is 5. The second kappa shape index (κ2) is 41.4. The molecule has 6 aromatic carbocycles. The fourth-order valence-electron chi connectivity index (χ4n) is 17.2. The zero-order valence-electron chi connectivity index (χ0n) is 73.4. The van der Waals surface area contributed by atoms with Crippen LogP contribution in [0.1, 0.15) is 187 Å². The van der Waals surface area contributed by atoms with Gasteiger partial charge in [-0.3, -0.25) is 32.8 Å². The summed E-state index contributed by atoms with van der Waals surface area (Å²) in [5, 5.41) is 14.3. The van der Waals surface area contributed by atoms with Crippen molar-refractivity contribution in [2.75, 3.05) is 78.9 Å². The molecule has 2 unspecified atom stereocenters. The van der Waals surface area contributed by atoms with E-state index in [-0.39, 0.29) is 77.3 Å². The third-order valence-corrected chi connectivity index (χ3v) is 26.5. The maximum atomic E-state index is 14.4. The van der Waals surface area contributed by atoms with Gasteiger partial charge in [0.15, 0.2) is 11.4 Å². The number of benzene rings is 6. The van der Waals surface area contributed by atoms with E-state index in [4.69, 9.17) is 10.5 Å². The molecular weight excluding hydrogens is 1630 g/mol. The van der Waals surface area contributed by atoms with E-state index in [0.29, 0.717) is 81.5 Å². The zero-order chi connectivity index (χ0) is 90.1. The zero-order valence-corrected chi connectivity index (χ0v) is 75.8. The summed E-state index contributed by atoms with van der Waals surface area (Å²) in [5.41, 5.74) is 17.9. The molecule has 664 valence electrons. The minimum absolute atomic E-state index is 0.0869. The van der Waals surface area contributed by atoms with Gasteiger partial charge in [-0.1, -0.05) is 119 Å². The largest absolute Gasteiger partial charge is 0.445 e. The summed E-state index contributed by atoms with van der Waals surface area (Å²) in [6.07, 6.45) is 24.8. The van der Waals surface area contributed by atoms with Crippen molar-refractivity contribution in [3.05, 3.63) is 233 Å². The van der Waals surface area contributed by atoms with Gasteiger partial charge in [-0.05, 0) is 214 Å². The Balaban J connectivity index is 0.671. The normalized spacial score (nSPS) is 16.8. The van der Waals surface area contributed by atoms with Crippen LogP contribution in [-0.2, 0) is 89.0 Å². The highest BCUT2D eigenvalue weighted by Gasteiger charge is 2.47. The molecular formula is C95H123N11O15S3+2. The second-order valence-corrected chi connectivity index (χ2v) is 38.1. The summed E-state index contributed by atoms with van der Waals surface area (Å²) in [4.78, 5) is 74.4. The van der Waals surface area contributed by atoms with Gasteiger partial charge in [0.2, 0.25) is 35.0 Å². The van der Waals surface area contributed by atoms with Crippen molar-refractivity contribution in [2.45, 2.75) is 215 Å². The first-order valence-electron chi connectivity index (χ1n) is 42.9. The topological polar surface area (TPSA) is 360 Å². The number of ether oxygens (including phenoxy) is 1. The Morgan fingerprint density at radius 2 is 0.976 bits per heavy atom. The van der Waals surface area contributed by atoms with Gasteiger partial charge in [-0.25, -0.2) is 4.79 Å². The highest BCUT2D eigenvalue weighted by molar-refractivity contribution is 7.86. The van der Waals surface area contributed by atoms with Crippen LogP contribution in [0.15, 0.2) is 214 Å². The maximum absolute atomic E-state index is 14.4. The first-order valence-corrected chi connectivity index (χ1v) is 47.2. The lowest BCUT2D eigenvalue weighted by Crippen LogP contribution is -2.53. The summed E-state index contributed by atoms with van der Waals surface area (Å²) >= 11 is 0. The third kappa shape index (κ3) is 23.1. The molecule has 124 heavy (non-hydrogen) atoms. The summed E-state index contributed by atoms with van der Waals surface area (Å²) in [6.45, 7) is 30.0.